The number of rotatable bonds is 13. The molecule has 2 bridgehead atoms. The second-order valence-corrected chi connectivity index (χ2v) is 18.7. The molecule has 4 aromatic rings. The van der Waals surface area contributed by atoms with Crippen molar-refractivity contribution in [3.8, 4) is 16.9 Å². The van der Waals surface area contributed by atoms with Gasteiger partial charge in [0, 0.05) is 73.8 Å². The van der Waals surface area contributed by atoms with Crippen LogP contribution in [0.15, 0.2) is 48.7 Å². The Morgan fingerprint density at radius 3 is 2.52 bits per heavy atom. The lowest BCUT2D eigenvalue weighted by atomic mass is 9.80. The van der Waals surface area contributed by atoms with E-state index < -0.39 is 28.7 Å². The Labute approximate surface area is 360 Å². The molecule has 8 rings (SSSR count). The minimum Gasteiger partial charge on any atom is -0.496 e. The number of anilines is 1. The van der Waals surface area contributed by atoms with Gasteiger partial charge in [0.05, 0.1) is 39.6 Å². The number of aliphatic carboxylic acids is 1. The number of likely N-dealkylation sites (tertiary alicyclic amines) is 1. The molecule has 1 atom stereocenters. The number of carboxylic acid groups (broad SMARTS) is 1. The number of carbonyl (C=O) groups is 2. The minimum atomic E-state index is -0.851. The molecule has 60 heavy (non-hydrogen) atoms. The first-order chi connectivity index (χ1) is 28.6. The topological polar surface area (TPSA) is 133 Å². The number of halogens is 3. The van der Waals surface area contributed by atoms with Crippen LogP contribution >= 0.6 is 23.2 Å². The maximum atomic E-state index is 15.9. The third-order valence-corrected chi connectivity index (χ3v) is 14.6. The lowest BCUT2D eigenvalue weighted by Crippen LogP contribution is -2.45. The van der Waals surface area contributed by atoms with Gasteiger partial charge >= 0.3 is 5.97 Å². The van der Waals surface area contributed by atoms with Gasteiger partial charge in [0.25, 0.3) is 5.91 Å². The number of fused-ring (bicyclic) bond motifs is 3. The number of hydrogen-bond donors (Lipinski definition) is 3. The van der Waals surface area contributed by atoms with Crippen molar-refractivity contribution in [1.29, 1.82) is 0 Å². The quantitative estimate of drug-likeness (QED) is 0.121. The van der Waals surface area contributed by atoms with Crippen molar-refractivity contribution >= 4 is 52.7 Å². The summed E-state index contributed by atoms with van der Waals surface area (Å²) in [5, 5.41) is 24.0. The second kappa shape index (κ2) is 16.5. The molecule has 1 amide bonds. The predicted molar refractivity (Wildman–Crippen MR) is 232 cm³/mol. The number of pyridine rings is 1. The molecule has 3 N–H and O–H groups in total. The van der Waals surface area contributed by atoms with Gasteiger partial charge in [-0.2, -0.15) is 0 Å². The van der Waals surface area contributed by atoms with E-state index >= 15 is 4.39 Å². The first kappa shape index (κ1) is 42.4. The van der Waals surface area contributed by atoms with Gasteiger partial charge in [-0.25, -0.2) is 9.37 Å². The molecule has 2 aromatic carbocycles. The van der Waals surface area contributed by atoms with Gasteiger partial charge < -0.3 is 24.8 Å². The Bertz CT molecular complexity index is 2350. The van der Waals surface area contributed by atoms with Crippen molar-refractivity contribution in [2.45, 2.75) is 96.4 Å². The van der Waals surface area contributed by atoms with E-state index in [0.29, 0.717) is 41.2 Å². The molecule has 3 fully saturated rings. The smallest absolute Gasteiger partial charge is 0.309 e. The average Bonchev–Trinajstić information content (AvgIpc) is 4.02. The first-order valence-corrected chi connectivity index (χ1v) is 21.6. The van der Waals surface area contributed by atoms with E-state index in [2.05, 4.69) is 20.1 Å². The Hall–Kier alpha value is -4.33. The summed E-state index contributed by atoms with van der Waals surface area (Å²) >= 11 is 13.9. The number of methoxy groups -OCH3 is 1. The van der Waals surface area contributed by atoms with Gasteiger partial charge in [-0.1, -0.05) is 53.5 Å². The highest BCUT2D eigenvalue weighted by Crippen LogP contribution is 2.63. The standard InChI is InChI=1S/C46H53Cl2FN6O5/c1-44(2,59)38-12-7-19-55(38)25-29-24-50-34(23-37(29)60-4)32(49)22-28-8-5-9-30(39(28)47)31-10-6-11-33(40(31)48)52-42(56)41-51-35-26-54(20-13-36(35)53(41)3)21-18-45-14-16-46(27-45,17-15-45)43(57)58/h5-6,8-11,22-24,38,59H,7,12-21,25-27H2,1-4H3,(H,52,56)(H,57,58)/b32-22-. The molecule has 318 valence electrons. The molecule has 0 radical (unpaired) electrons. The van der Waals surface area contributed by atoms with Crippen LogP contribution in [0.4, 0.5) is 10.1 Å². The van der Waals surface area contributed by atoms with Crippen LogP contribution in [0.25, 0.3) is 23.0 Å². The van der Waals surface area contributed by atoms with Gasteiger partial charge in [0.1, 0.15) is 17.3 Å². The van der Waals surface area contributed by atoms with Gasteiger partial charge in [-0.05, 0) is 101 Å². The number of benzene rings is 2. The normalized spacial score (nSPS) is 23.3. The highest BCUT2D eigenvalue weighted by atomic mass is 35.5. The van der Waals surface area contributed by atoms with E-state index in [1.54, 1.807) is 55.8 Å². The molecule has 14 heteroatoms. The van der Waals surface area contributed by atoms with Crippen molar-refractivity contribution in [2.75, 3.05) is 32.1 Å². The largest absolute Gasteiger partial charge is 0.496 e. The molecule has 4 aliphatic rings. The number of hydrogen-bond acceptors (Lipinski definition) is 8. The highest BCUT2D eigenvalue weighted by molar-refractivity contribution is 6.39. The number of nitrogens with zero attached hydrogens (tertiary/aromatic N) is 5. The van der Waals surface area contributed by atoms with E-state index in [9.17, 15) is 19.8 Å². The summed E-state index contributed by atoms with van der Waals surface area (Å²) in [7, 11) is 3.40. The third-order valence-electron chi connectivity index (χ3n) is 13.7. The molecular formula is C46H53Cl2FN6O5. The monoisotopic (exact) mass is 858 g/mol. The zero-order valence-electron chi connectivity index (χ0n) is 34.7. The number of aromatic nitrogens is 3. The average molecular weight is 860 g/mol. The SMILES string of the molecule is COc1cc(/C(F)=C/c2cccc(-c3cccc(NC(=O)c4nc5c(n4C)CCN(CCC46CCC(C(=O)O)(CC4)C6)C5)c3Cl)c2Cl)ncc1CN1CCCC1C(C)(C)O. The summed E-state index contributed by atoms with van der Waals surface area (Å²) in [6.45, 7) is 7.37. The Kier molecular flexibility index (Phi) is 11.7. The van der Waals surface area contributed by atoms with Crippen molar-refractivity contribution < 1.29 is 28.9 Å². The van der Waals surface area contributed by atoms with Crippen LogP contribution in [-0.4, -0.2) is 84.8 Å². The van der Waals surface area contributed by atoms with E-state index in [-0.39, 0.29) is 33.0 Å². The number of ether oxygens (including phenoxy) is 1. The summed E-state index contributed by atoms with van der Waals surface area (Å²) in [5.41, 5.74) is 3.46. The molecule has 0 spiro atoms. The highest BCUT2D eigenvalue weighted by Gasteiger charge is 2.57. The molecule has 2 saturated carbocycles. The zero-order valence-corrected chi connectivity index (χ0v) is 36.2. The molecular weight excluding hydrogens is 806 g/mol. The van der Waals surface area contributed by atoms with Crippen molar-refractivity contribution in [3.63, 3.8) is 0 Å². The van der Waals surface area contributed by atoms with Gasteiger partial charge in [0.2, 0.25) is 0 Å². The third kappa shape index (κ3) is 8.09. The maximum Gasteiger partial charge on any atom is 0.309 e. The molecule has 1 saturated heterocycles. The number of nitrogens with one attached hydrogen (secondary N) is 1. The van der Waals surface area contributed by atoms with Gasteiger partial charge in [-0.3, -0.25) is 24.4 Å². The number of carboxylic acids is 1. The zero-order chi connectivity index (χ0) is 42.6. The Morgan fingerprint density at radius 2 is 1.82 bits per heavy atom. The molecule has 1 unspecified atom stereocenters. The molecule has 2 aliphatic carbocycles. The van der Waals surface area contributed by atoms with Crippen molar-refractivity contribution in [2.24, 2.45) is 17.9 Å². The molecule has 4 heterocycles. The predicted octanol–water partition coefficient (Wildman–Crippen LogP) is 9.04. The van der Waals surface area contributed by atoms with Crippen molar-refractivity contribution in [3.05, 3.63) is 92.7 Å². The van der Waals surface area contributed by atoms with Gasteiger partial charge in [-0.15, -0.1) is 0 Å². The van der Waals surface area contributed by atoms with Crippen LogP contribution in [0.1, 0.15) is 104 Å². The van der Waals surface area contributed by atoms with E-state index in [1.807, 2.05) is 25.5 Å². The van der Waals surface area contributed by atoms with E-state index in [0.717, 1.165) is 94.4 Å². The van der Waals surface area contributed by atoms with Crippen molar-refractivity contribution in [1.82, 2.24) is 24.3 Å². The fraction of sp³-hybridized carbons (Fsp3) is 0.478. The number of imidazole rings is 1. The van der Waals surface area contributed by atoms with Crippen LogP contribution in [-0.2, 0) is 31.4 Å². The fourth-order valence-corrected chi connectivity index (χ4v) is 10.9. The number of carbonyl (C=O) groups excluding carboxylic acids is 1. The Morgan fingerprint density at radius 1 is 1.08 bits per heavy atom. The minimum absolute atomic E-state index is 0.00261. The summed E-state index contributed by atoms with van der Waals surface area (Å²) in [6, 6.07) is 12.1. The van der Waals surface area contributed by atoms with E-state index in [1.165, 1.54) is 6.08 Å². The molecule has 2 aliphatic heterocycles. The summed E-state index contributed by atoms with van der Waals surface area (Å²) in [6.07, 6.45) is 10.9. The summed E-state index contributed by atoms with van der Waals surface area (Å²) < 4.78 is 23.4. The van der Waals surface area contributed by atoms with Crippen LogP contribution in [0.3, 0.4) is 0 Å². The summed E-state index contributed by atoms with van der Waals surface area (Å²) in [4.78, 5) is 39.5. The van der Waals surface area contributed by atoms with Crippen LogP contribution < -0.4 is 10.1 Å². The number of aliphatic hydroxyl groups is 1. The lowest BCUT2D eigenvalue weighted by Gasteiger charge is -2.34. The van der Waals surface area contributed by atoms with Crippen LogP contribution in [0, 0.1) is 10.8 Å². The van der Waals surface area contributed by atoms with Gasteiger partial charge in [0.15, 0.2) is 5.82 Å². The maximum absolute atomic E-state index is 15.9. The molecule has 11 nitrogen and oxygen atoms in total. The molecule has 2 aromatic heterocycles. The fourth-order valence-electron chi connectivity index (χ4n) is 10.4. The van der Waals surface area contributed by atoms with E-state index in [4.69, 9.17) is 32.9 Å². The Balaban J connectivity index is 0.949. The summed E-state index contributed by atoms with van der Waals surface area (Å²) in [5.74, 6) is -0.842. The van der Waals surface area contributed by atoms with Crippen LogP contribution in [0.5, 0.6) is 5.75 Å². The lowest BCUT2D eigenvalue weighted by molar-refractivity contribution is -0.148. The second-order valence-electron chi connectivity index (χ2n) is 17.9. The first-order valence-electron chi connectivity index (χ1n) is 20.9. The van der Waals surface area contributed by atoms with Crippen LogP contribution in [0.2, 0.25) is 10.0 Å². The number of amides is 1.